The lowest BCUT2D eigenvalue weighted by Gasteiger charge is -2.28. The monoisotopic (exact) mass is 192 g/mol. The zero-order valence-corrected chi connectivity index (χ0v) is 9.08. The van der Waals surface area contributed by atoms with Crippen LogP contribution < -0.4 is 0 Å². The van der Waals surface area contributed by atoms with Crippen LogP contribution in [0.15, 0.2) is 0 Å². The maximum absolute atomic E-state index is 12.0. The van der Waals surface area contributed by atoms with E-state index < -0.39 is 6.43 Å². The Kier molecular flexibility index (Phi) is 6.27. The molecule has 80 valence electrons. The molecule has 0 saturated heterocycles. The fraction of sp³-hybridized carbons (Fsp3) is 1.00. The highest BCUT2D eigenvalue weighted by molar-refractivity contribution is 4.73. The van der Waals surface area contributed by atoms with Crippen molar-refractivity contribution in [3.63, 3.8) is 0 Å². The van der Waals surface area contributed by atoms with Crippen LogP contribution in [-0.2, 0) is 0 Å². The number of halogens is 2. The first-order valence-corrected chi connectivity index (χ1v) is 5.32. The summed E-state index contributed by atoms with van der Waals surface area (Å²) in [6.45, 7) is 6.38. The highest BCUT2D eigenvalue weighted by Gasteiger charge is 2.23. The zero-order valence-electron chi connectivity index (χ0n) is 9.08. The van der Waals surface area contributed by atoms with Crippen molar-refractivity contribution in [1.82, 2.24) is 0 Å². The van der Waals surface area contributed by atoms with Crippen LogP contribution in [0, 0.1) is 5.41 Å². The van der Waals surface area contributed by atoms with Gasteiger partial charge in [0.2, 0.25) is 6.43 Å². The fourth-order valence-electron chi connectivity index (χ4n) is 2.04. The van der Waals surface area contributed by atoms with Crippen molar-refractivity contribution < 1.29 is 8.78 Å². The molecule has 0 aromatic heterocycles. The van der Waals surface area contributed by atoms with Gasteiger partial charge in [-0.1, -0.05) is 33.6 Å². The molecule has 0 amide bonds. The summed E-state index contributed by atoms with van der Waals surface area (Å²) in [6, 6.07) is 0. The third-order valence-corrected chi connectivity index (χ3v) is 2.67. The highest BCUT2D eigenvalue weighted by Crippen LogP contribution is 2.35. The minimum atomic E-state index is -2.13. The molecule has 0 aromatic carbocycles. The van der Waals surface area contributed by atoms with Gasteiger partial charge in [0.15, 0.2) is 0 Å². The van der Waals surface area contributed by atoms with E-state index in [2.05, 4.69) is 20.8 Å². The summed E-state index contributed by atoms with van der Waals surface area (Å²) in [6.07, 6.45) is 2.96. The first-order chi connectivity index (χ1) is 6.04. The van der Waals surface area contributed by atoms with E-state index in [1.807, 2.05) is 0 Å². The molecule has 0 aromatic rings. The standard InChI is InChI=1S/C11H22F2/c1-4-7-11(3,8-5-2)9-6-10(12)13/h10H,4-9H2,1-3H3. The molecule has 0 fully saturated rings. The molecule has 0 atom stereocenters. The van der Waals surface area contributed by atoms with E-state index in [9.17, 15) is 8.78 Å². The van der Waals surface area contributed by atoms with Gasteiger partial charge in [-0.2, -0.15) is 0 Å². The average Bonchev–Trinajstić information content (AvgIpc) is 2.02. The number of rotatable bonds is 7. The molecule has 0 aliphatic rings. The van der Waals surface area contributed by atoms with Gasteiger partial charge in [0.25, 0.3) is 0 Å². The summed E-state index contributed by atoms with van der Waals surface area (Å²) in [5.74, 6) is 0. The Labute approximate surface area is 80.7 Å². The predicted molar refractivity (Wildman–Crippen MR) is 53.2 cm³/mol. The van der Waals surface area contributed by atoms with Gasteiger partial charge in [-0.3, -0.25) is 0 Å². The topological polar surface area (TPSA) is 0 Å². The number of hydrogen-bond donors (Lipinski definition) is 0. The molecule has 0 bridgehead atoms. The Morgan fingerprint density at radius 2 is 1.46 bits per heavy atom. The molecule has 0 radical (unpaired) electrons. The summed E-state index contributed by atoms with van der Waals surface area (Å²) in [4.78, 5) is 0. The Bertz CT molecular complexity index is 115. The van der Waals surface area contributed by atoms with Crippen molar-refractivity contribution in [3.05, 3.63) is 0 Å². The van der Waals surface area contributed by atoms with Gasteiger partial charge < -0.3 is 0 Å². The van der Waals surface area contributed by atoms with Crippen molar-refractivity contribution >= 4 is 0 Å². The Morgan fingerprint density at radius 1 is 1.00 bits per heavy atom. The second-order valence-corrected chi connectivity index (χ2v) is 4.24. The van der Waals surface area contributed by atoms with Gasteiger partial charge in [-0.15, -0.1) is 0 Å². The number of hydrogen-bond acceptors (Lipinski definition) is 0. The average molecular weight is 192 g/mol. The molecule has 2 heteroatoms. The Balaban J connectivity index is 3.91. The van der Waals surface area contributed by atoms with Gasteiger partial charge in [-0.05, 0) is 24.7 Å². The molecule has 0 aliphatic carbocycles. The Morgan fingerprint density at radius 3 is 1.77 bits per heavy atom. The van der Waals surface area contributed by atoms with Crippen molar-refractivity contribution in [2.24, 2.45) is 5.41 Å². The van der Waals surface area contributed by atoms with Crippen molar-refractivity contribution in [2.75, 3.05) is 0 Å². The van der Waals surface area contributed by atoms with Crippen LogP contribution in [0.3, 0.4) is 0 Å². The molecule has 0 nitrogen and oxygen atoms in total. The first-order valence-electron chi connectivity index (χ1n) is 5.32. The maximum atomic E-state index is 12.0. The Hall–Kier alpha value is -0.140. The predicted octanol–water partition coefficient (Wildman–Crippen LogP) is 4.64. The van der Waals surface area contributed by atoms with Gasteiger partial charge in [0, 0.05) is 6.42 Å². The summed E-state index contributed by atoms with van der Waals surface area (Å²) >= 11 is 0. The quantitative estimate of drug-likeness (QED) is 0.551. The zero-order chi connectivity index (χ0) is 10.3. The SMILES string of the molecule is CCCC(C)(CCC)CCC(F)F. The van der Waals surface area contributed by atoms with Crippen LogP contribution in [0.2, 0.25) is 0 Å². The third-order valence-electron chi connectivity index (χ3n) is 2.67. The maximum Gasteiger partial charge on any atom is 0.238 e. The van der Waals surface area contributed by atoms with Gasteiger partial charge in [-0.25, -0.2) is 8.78 Å². The first kappa shape index (κ1) is 12.9. The molecular formula is C11H22F2. The largest absolute Gasteiger partial charge is 0.238 e. The van der Waals surface area contributed by atoms with E-state index >= 15 is 0 Å². The van der Waals surface area contributed by atoms with Crippen LogP contribution in [-0.4, -0.2) is 6.43 Å². The van der Waals surface area contributed by atoms with Gasteiger partial charge in [0.05, 0.1) is 0 Å². The molecule has 0 N–H and O–H groups in total. The summed E-state index contributed by atoms with van der Waals surface area (Å²) < 4.78 is 24.1. The van der Waals surface area contributed by atoms with Crippen molar-refractivity contribution in [2.45, 2.75) is 65.7 Å². The van der Waals surface area contributed by atoms with E-state index in [0.717, 1.165) is 25.7 Å². The minimum absolute atomic E-state index is 0.0660. The molecule has 0 spiro atoms. The minimum Gasteiger partial charge on any atom is -0.211 e. The molecule has 13 heavy (non-hydrogen) atoms. The highest BCUT2D eigenvalue weighted by atomic mass is 19.3. The van der Waals surface area contributed by atoms with E-state index in [4.69, 9.17) is 0 Å². The van der Waals surface area contributed by atoms with Crippen LogP contribution in [0.1, 0.15) is 59.3 Å². The normalized spacial score (nSPS) is 12.5. The molecule has 0 aliphatic heterocycles. The van der Waals surface area contributed by atoms with Gasteiger partial charge in [0.1, 0.15) is 0 Å². The third kappa shape index (κ3) is 6.00. The summed E-state index contributed by atoms with van der Waals surface area (Å²) in [5.41, 5.74) is 0.153. The van der Waals surface area contributed by atoms with Crippen LogP contribution in [0.5, 0.6) is 0 Å². The lowest BCUT2D eigenvalue weighted by atomic mass is 9.77. The lowest BCUT2D eigenvalue weighted by molar-refractivity contribution is 0.106. The molecular weight excluding hydrogens is 170 g/mol. The summed E-state index contributed by atoms with van der Waals surface area (Å²) in [5, 5.41) is 0. The summed E-state index contributed by atoms with van der Waals surface area (Å²) in [7, 11) is 0. The molecule has 0 rings (SSSR count). The van der Waals surface area contributed by atoms with E-state index in [0.29, 0.717) is 6.42 Å². The van der Waals surface area contributed by atoms with Crippen LogP contribution in [0.25, 0.3) is 0 Å². The lowest BCUT2D eigenvalue weighted by Crippen LogP contribution is -2.17. The van der Waals surface area contributed by atoms with E-state index in [1.165, 1.54) is 0 Å². The molecule has 0 saturated carbocycles. The van der Waals surface area contributed by atoms with E-state index in [-0.39, 0.29) is 11.8 Å². The smallest absolute Gasteiger partial charge is 0.211 e. The van der Waals surface area contributed by atoms with Crippen molar-refractivity contribution in [1.29, 1.82) is 0 Å². The fourth-order valence-corrected chi connectivity index (χ4v) is 2.04. The molecule has 0 unspecified atom stereocenters. The second kappa shape index (κ2) is 6.33. The molecule has 0 heterocycles. The van der Waals surface area contributed by atoms with Crippen molar-refractivity contribution in [3.8, 4) is 0 Å². The van der Waals surface area contributed by atoms with Crippen LogP contribution >= 0.6 is 0 Å². The second-order valence-electron chi connectivity index (χ2n) is 4.24. The van der Waals surface area contributed by atoms with Gasteiger partial charge >= 0.3 is 0 Å². The van der Waals surface area contributed by atoms with E-state index in [1.54, 1.807) is 0 Å². The number of alkyl halides is 2. The van der Waals surface area contributed by atoms with Crippen LogP contribution in [0.4, 0.5) is 8.78 Å².